The molecule has 0 aliphatic heterocycles. The topological polar surface area (TPSA) is 59.1 Å². The molecule has 382 valence electrons. The largest absolute Gasteiger partial charge is 0.462 e. The van der Waals surface area contributed by atoms with Crippen molar-refractivity contribution in [2.24, 2.45) is 0 Å². The molecule has 6 heteroatoms. The number of likely N-dealkylation sites (N-methyl/N-ethyl adjacent to an activating group) is 1. The summed E-state index contributed by atoms with van der Waals surface area (Å²) in [7, 11) is 4.35. The van der Waals surface area contributed by atoms with Crippen LogP contribution in [-0.4, -0.2) is 74.2 Å². The van der Waals surface area contributed by atoms with Gasteiger partial charge in [-0.2, -0.15) is 0 Å². The Bertz CT molecular complexity index is 875. The quantitative estimate of drug-likeness (QED) is 0.0448. The second-order valence-electron chi connectivity index (χ2n) is 20.5. The first-order chi connectivity index (χ1) is 31.4. The molecule has 0 spiro atoms. The van der Waals surface area contributed by atoms with Gasteiger partial charge in [-0.1, -0.05) is 220 Å². The molecule has 0 aliphatic rings. The van der Waals surface area contributed by atoms with Crippen molar-refractivity contribution in [1.29, 1.82) is 0 Å². The number of rotatable bonds is 53. The zero-order valence-electron chi connectivity index (χ0n) is 44.6. The molecule has 0 amide bonds. The van der Waals surface area contributed by atoms with Crippen LogP contribution in [0.3, 0.4) is 0 Å². The number of esters is 2. The van der Waals surface area contributed by atoms with Gasteiger partial charge in [0.15, 0.2) is 0 Å². The average molecular weight is 906 g/mol. The average Bonchev–Trinajstić information content (AvgIpc) is 3.28. The standard InChI is InChI=1S/C58H116N2O4/c1-7-11-15-19-21-23-25-31-39-47-55(45-37-29-17-13-9-3)63-57(61)49-41-33-27-35-43-51-60(54-53-59(5)6)52-44-36-28-34-42-50-58(62)64-56(46-38-30-18-14-10-4)48-40-32-26-24-22-20-16-12-8-2/h55-56H,7-54H2,1-6H3. The lowest BCUT2D eigenvalue weighted by Crippen LogP contribution is -2.33. The molecule has 0 aromatic carbocycles. The number of carbonyl (C=O) groups excluding carboxylic acids is 2. The fourth-order valence-corrected chi connectivity index (χ4v) is 9.28. The van der Waals surface area contributed by atoms with Crippen LogP contribution in [0.15, 0.2) is 0 Å². The molecule has 0 aromatic heterocycles. The Labute approximate surface area is 402 Å². The molecular formula is C58H116N2O4. The zero-order valence-corrected chi connectivity index (χ0v) is 44.6. The summed E-state index contributed by atoms with van der Waals surface area (Å²) in [6.45, 7) is 13.7. The highest BCUT2D eigenvalue weighted by Crippen LogP contribution is 2.21. The van der Waals surface area contributed by atoms with E-state index in [0.717, 1.165) is 64.5 Å². The van der Waals surface area contributed by atoms with Crippen LogP contribution < -0.4 is 0 Å². The Kier molecular flexibility index (Phi) is 50.3. The van der Waals surface area contributed by atoms with Gasteiger partial charge in [0.2, 0.25) is 0 Å². The zero-order chi connectivity index (χ0) is 46.8. The molecule has 0 aromatic rings. The van der Waals surface area contributed by atoms with E-state index in [4.69, 9.17) is 9.47 Å². The predicted octanol–water partition coefficient (Wildman–Crippen LogP) is 17.9. The molecule has 6 nitrogen and oxygen atoms in total. The molecular weight excluding hydrogens is 789 g/mol. The fourth-order valence-electron chi connectivity index (χ4n) is 9.28. The Morgan fingerprint density at radius 2 is 0.562 bits per heavy atom. The summed E-state index contributed by atoms with van der Waals surface area (Å²) in [5.74, 6) is 0.0852. The second-order valence-corrected chi connectivity index (χ2v) is 20.5. The van der Waals surface area contributed by atoms with Gasteiger partial charge < -0.3 is 19.3 Å². The predicted molar refractivity (Wildman–Crippen MR) is 281 cm³/mol. The van der Waals surface area contributed by atoms with Crippen LogP contribution in [0.1, 0.15) is 310 Å². The van der Waals surface area contributed by atoms with Gasteiger partial charge >= 0.3 is 11.9 Å². The van der Waals surface area contributed by atoms with Crippen LogP contribution in [0.4, 0.5) is 0 Å². The second kappa shape index (κ2) is 51.3. The molecule has 2 unspecified atom stereocenters. The van der Waals surface area contributed by atoms with Crippen molar-refractivity contribution in [1.82, 2.24) is 9.80 Å². The number of ether oxygens (including phenoxy) is 2. The molecule has 0 radical (unpaired) electrons. The molecule has 0 heterocycles. The highest BCUT2D eigenvalue weighted by atomic mass is 16.5. The van der Waals surface area contributed by atoms with E-state index in [1.165, 1.54) is 231 Å². The van der Waals surface area contributed by atoms with E-state index >= 15 is 0 Å². The minimum Gasteiger partial charge on any atom is -0.462 e. The Hall–Kier alpha value is -1.14. The number of hydrogen-bond acceptors (Lipinski definition) is 6. The van der Waals surface area contributed by atoms with Crippen LogP contribution in [0.25, 0.3) is 0 Å². The van der Waals surface area contributed by atoms with Crippen LogP contribution in [0.2, 0.25) is 0 Å². The summed E-state index contributed by atoms with van der Waals surface area (Å²) >= 11 is 0. The SMILES string of the molecule is CCCCCCCCCCCC(CCCCCCC)OC(=O)CCCCCCCN(CCCCCCCC(=O)OC(CCCCCCC)CCCCCCCCCCC)CCN(C)C. The van der Waals surface area contributed by atoms with Crippen molar-refractivity contribution in [3.05, 3.63) is 0 Å². The normalized spacial score (nSPS) is 12.7. The molecule has 0 fully saturated rings. The lowest BCUT2D eigenvalue weighted by molar-refractivity contribution is -0.151. The fraction of sp³-hybridized carbons (Fsp3) is 0.966. The van der Waals surface area contributed by atoms with Crippen LogP contribution >= 0.6 is 0 Å². The molecule has 0 aliphatic carbocycles. The van der Waals surface area contributed by atoms with Crippen LogP contribution in [0.5, 0.6) is 0 Å². The summed E-state index contributed by atoms with van der Waals surface area (Å²) < 4.78 is 12.2. The number of hydrogen-bond donors (Lipinski definition) is 0. The van der Waals surface area contributed by atoms with Gasteiger partial charge in [0, 0.05) is 25.9 Å². The van der Waals surface area contributed by atoms with Gasteiger partial charge in [-0.15, -0.1) is 0 Å². The Balaban J connectivity index is 4.38. The van der Waals surface area contributed by atoms with E-state index in [-0.39, 0.29) is 24.1 Å². The van der Waals surface area contributed by atoms with Crippen LogP contribution in [0, 0.1) is 0 Å². The minimum absolute atomic E-state index is 0.0426. The number of unbranched alkanes of at least 4 members (excludes halogenated alkanes) is 32. The van der Waals surface area contributed by atoms with Gasteiger partial charge in [-0.3, -0.25) is 9.59 Å². The monoisotopic (exact) mass is 905 g/mol. The van der Waals surface area contributed by atoms with Crippen molar-refractivity contribution < 1.29 is 19.1 Å². The van der Waals surface area contributed by atoms with E-state index in [9.17, 15) is 9.59 Å². The molecule has 2 atom stereocenters. The minimum atomic E-state index is 0.0426. The van der Waals surface area contributed by atoms with E-state index in [1.54, 1.807) is 0 Å². The lowest BCUT2D eigenvalue weighted by Gasteiger charge is -2.24. The number of nitrogens with zero attached hydrogens (tertiary/aromatic N) is 2. The maximum absolute atomic E-state index is 12.9. The third-order valence-corrected chi connectivity index (χ3v) is 13.7. The first-order valence-corrected chi connectivity index (χ1v) is 29.1. The number of carbonyl (C=O) groups is 2. The summed E-state index contributed by atoms with van der Waals surface area (Å²) in [6.07, 6.45) is 53.9. The maximum Gasteiger partial charge on any atom is 0.306 e. The first-order valence-electron chi connectivity index (χ1n) is 29.1. The van der Waals surface area contributed by atoms with E-state index < -0.39 is 0 Å². The Morgan fingerprint density at radius 3 is 0.844 bits per heavy atom. The highest BCUT2D eigenvalue weighted by Gasteiger charge is 2.16. The van der Waals surface area contributed by atoms with Gasteiger partial charge in [0.25, 0.3) is 0 Å². The lowest BCUT2D eigenvalue weighted by atomic mass is 10.0. The van der Waals surface area contributed by atoms with E-state index in [0.29, 0.717) is 12.8 Å². The van der Waals surface area contributed by atoms with E-state index in [2.05, 4.69) is 51.6 Å². The Morgan fingerprint density at radius 1 is 0.312 bits per heavy atom. The summed E-state index contributed by atoms with van der Waals surface area (Å²) in [5, 5.41) is 0. The summed E-state index contributed by atoms with van der Waals surface area (Å²) in [5.41, 5.74) is 0. The van der Waals surface area contributed by atoms with Crippen molar-refractivity contribution >= 4 is 11.9 Å². The van der Waals surface area contributed by atoms with Gasteiger partial charge in [0.05, 0.1) is 0 Å². The van der Waals surface area contributed by atoms with E-state index in [1.807, 2.05) is 0 Å². The third kappa shape index (κ3) is 47.4. The van der Waals surface area contributed by atoms with Crippen molar-refractivity contribution in [2.75, 3.05) is 40.3 Å². The molecule has 0 saturated heterocycles. The smallest absolute Gasteiger partial charge is 0.306 e. The van der Waals surface area contributed by atoms with Crippen molar-refractivity contribution in [2.45, 2.75) is 322 Å². The van der Waals surface area contributed by atoms with Crippen molar-refractivity contribution in [3.63, 3.8) is 0 Å². The van der Waals surface area contributed by atoms with Gasteiger partial charge in [-0.05, 0) is 104 Å². The third-order valence-electron chi connectivity index (χ3n) is 13.7. The summed E-state index contributed by atoms with van der Waals surface area (Å²) in [4.78, 5) is 30.7. The van der Waals surface area contributed by atoms with Crippen LogP contribution in [-0.2, 0) is 19.1 Å². The molecule has 0 rings (SSSR count). The van der Waals surface area contributed by atoms with Gasteiger partial charge in [0.1, 0.15) is 12.2 Å². The highest BCUT2D eigenvalue weighted by molar-refractivity contribution is 5.69. The van der Waals surface area contributed by atoms with Crippen molar-refractivity contribution in [3.8, 4) is 0 Å². The molecule has 64 heavy (non-hydrogen) atoms. The molecule has 0 bridgehead atoms. The van der Waals surface area contributed by atoms with Gasteiger partial charge in [-0.25, -0.2) is 0 Å². The summed E-state index contributed by atoms with van der Waals surface area (Å²) in [6, 6.07) is 0. The molecule has 0 N–H and O–H groups in total. The molecule has 0 saturated carbocycles. The maximum atomic E-state index is 12.9. The first kappa shape index (κ1) is 62.9.